The summed E-state index contributed by atoms with van der Waals surface area (Å²) in [4.78, 5) is 17.9. The van der Waals surface area contributed by atoms with Crippen LogP contribution in [0.25, 0.3) is 23.2 Å². The van der Waals surface area contributed by atoms with Gasteiger partial charge in [0.2, 0.25) is 0 Å². The molecule has 0 radical (unpaired) electrons. The third-order valence-electron chi connectivity index (χ3n) is 6.37. The van der Waals surface area contributed by atoms with Gasteiger partial charge in [0.05, 0.1) is 12.8 Å². The molecule has 5 rings (SSSR count). The molecule has 0 N–H and O–H groups in total. The number of carbonyl (C=O) groups excluding carboxylic acids is 1. The standard InChI is InChI=1S/C29H30N4O3/c1-22-10-15-28(36-22)26-21-27(33(30-26)24-11-13-25(35-2)14-12-24)29(34)32-19-17-31(18-20-32)16-6-9-23-7-4-3-5-8-23/h3-15,21H,16-20H2,1-2H3/b9-6+. The normalized spacial score (nSPS) is 14.4. The van der Waals surface area contributed by atoms with Crippen LogP contribution >= 0.6 is 0 Å². The Morgan fingerprint density at radius 3 is 2.42 bits per heavy atom. The number of hydrogen-bond donors (Lipinski definition) is 0. The Bertz CT molecular complexity index is 1330. The smallest absolute Gasteiger partial charge is 0.272 e. The van der Waals surface area contributed by atoms with Crippen LogP contribution in [0.4, 0.5) is 0 Å². The molecule has 0 spiro atoms. The average molecular weight is 483 g/mol. The molecule has 36 heavy (non-hydrogen) atoms. The average Bonchev–Trinajstić information content (AvgIpc) is 3.56. The van der Waals surface area contributed by atoms with Crippen molar-refractivity contribution < 1.29 is 13.9 Å². The molecule has 1 fully saturated rings. The van der Waals surface area contributed by atoms with Crippen molar-refractivity contribution in [1.82, 2.24) is 19.6 Å². The summed E-state index contributed by atoms with van der Waals surface area (Å²) in [6, 6.07) is 23.4. The molecule has 1 aliphatic rings. The highest BCUT2D eigenvalue weighted by Crippen LogP contribution is 2.25. The third-order valence-corrected chi connectivity index (χ3v) is 6.37. The number of aryl methyl sites for hydroxylation is 1. The van der Waals surface area contributed by atoms with Crippen LogP contribution in [0.15, 0.2) is 83.3 Å². The molecule has 7 heteroatoms. The maximum Gasteiger partial charge on any atom is 0.272 e. The summed E-state index contributed by atoms with van der Waals surface area (Å²) in [5.74, 6) is 2.16. The van der Waals surface area contributed by atoms with Crippen molar-refractivity contribution in [1.29, 1.82) is 0 Å². The van der Waals surface area contributed by atoms with Crippen molar-refractivity contribution >= 4 is 12.0 Å². The van der Waals surface area contributed by atoms with Gasteiger partial charge in [-0.1, -0.05) is 42.5 Å². The lowest BCUT2D eigenvalue weighted by atomic mass is 10.2. The van der Waals surface area contributed by atoms with E-state index in [9.17, 15) is 4.79 Å². The fraction of sp³-hybridized carbons (Fsp3) is 0.241. The third kappa shape index (κ3) is 5.26. The fourth-order valence-electron chi connectivity index (χ4n) is 4.34. The van der Waals surface area contributed by atoms with E-state index in [1.807, 2.05) is 72.5 Å². The van der Waals surface area contributed by atoms with Crippen molar-refractivity contribution in [2.75, 3.05) is 39.8 Å². The van der Waals surface area contributed by atoms with Crippen LogP contribution in [0, 0.1) is 6.92 Å². The molecular weight excluding hydrogens is 452 g/mol. The van der Waals surface area contributed by atoms with Gasteiger partial charge in [0.15, 0.2) is 5.76 Å². The highest BCUT2D eigenvalue weighted by atomic mass is 16.5. The Hall–Kier alpha value is -4.10. The summed E-state index contributed by atoms with van der Waals surface area (Å²) >= 11 is 0. The van der Waals surface area contributed by atoms with Gasteiger partial charge >= 0.3 is 0 Å². The second-order valence-electron chi connectivity index (χ2n) is 8.84. The van der Waals surface area contributed by atoms with Crippen molar-refractivity contribution in [2.45, 2.75) is 6.92 Å². The van der Waals surface area contributed by atoms with Gasteiger partial charge in [0.1, 0.15) is 22.9 Å². The largest absolute Gasteiger partial charge is 0.497 e. The van der Waals surface area contributed by atoms with Gasteiger partial charge in [-0.25, -0.2) is 4.68 Å². The first-order valence-corrected chi connectivity index (χ1v) is 12.2. The topological polar surface area (TPSA) is 63.7 Å². The molecule has 7 nitrogen and oxygen atoms in total. The van der Waals surface area contributed by atoms with Crippen LogP contribution in [0.2, 0.25) is 0 Å². The van der Waals surface area contributed by atoms with Gasteiger partial charge in [0, 0.05) is 38.8 Å². The number of methoxy groups -OCH3 is 1. The summed E-state index contributed by atoms with van der Waals surface area (Å²) in [5, 5.41) is 4.73. The lowest BCUT2D eigenvalue weighted by Gasteiger charge is -2.34. The quantitative estimate of drug-likeness (QED) is 0.374. The number of nitrogens with zero attached hydrogens (tertiary/aromatic N) is 4. The van der Waals surface area contributed by atoms with Crippen LogP contribution in [0.5, 0.6) is 5.75 Å². The Morgan fingerprint density at radius 2 is 1.75 bits per heavy atom. The number of ether oxygens (including phenoxy) is 1. The minimum Gasteiger partial charge on any atom is -0.497 e. The SMILES string of the molecule is COc1ccc(-n2nc(-c3ccc(C)o3)cc2C(=O)N2CCN(C/C=C/c3ccccc3)CC2)cc1. The lowest BCUT2D eigenvalue weighted by molar-refractivity contribution is 0.0641. The molecule has 184 valence electrons. The Kier molecular flexibility index (Phi) is 7.00. The predicted octanol–water partition coefficient (Wildman–Crippen LogP) is 4.92. The number of carbonyl (C=O) groups is 1. The minimum absolute atomic E-state index is 0.0349. The van der Waals surface area contributed by atoms with E-state index in [0.717, 1.165) is 36.8 Å². The molecule has 1 aliphatic heterocycles. The van der Waals surface area contributed by atoms with Crippen LogP contribution in [-0.4, -0.2) is 65.3 Å². The Morgan fingerprint density at radius 1 is 1.00 bits per heavy atom. The van der Waals surface area contributed by atoms with Gasteiger partial charge in [-0.05, 0) is 48.9 Å². The first-order valence-electron chi connectivity index (χ1n) is 12.2. The van der Waals surface area contributed by atoms with E-state index in [2.05, 4.69) is 29.2 Å². The number of amides is 1. The summed E-state index contributed by atoms with van der Waals surface area (Å²) in [7, 11) is 1.63. The summed E-state index contributed by atoms with van der Waals surface area (Å²) in [6.45, 7) is 5.74. The highest BCUT2D eigenvalue weighted by molar-refractivity contribution is 5.94. The maximum absolute atomic E-state index is 13.6. The van der Waals surface area contributed by atoms with Crippen molar-refractivity contribution in [2.24, 2.45) is 0 Å². The van der Waals surface area contributed by atoms with Gasteiger partial charge in [-0.3, -0.25) is 9.69 Å². The van der Waals surface area contributed by atoms with Crippen LogP contribution in [-0.2, 0) is 0 Å². The van der Waals surface area contributed by atoms with E-state index in [1.54, 1.807) is 11.8 Å². The zero-order valence-electron chi connectivity index (χ0n) is 20.6. The van der Waals surface area contributed by atoms with Gasteiger partial charge in [-0.2, -0.15) is 5.10 Å². The van der Waals surface area contributed by atoms with E-state index < -0.39 is 0 Å². The van der Waals surface area contributed by atoms with Crippen LogP contribution in [0.3, 0.4) is 0 Å². The molecule has 0 atom stereocenters. The molecule has 2 aromatic carbocycles. The van der Waals surface area contributed by atoms with Crippen molar-refractivity contribution in [3.8, 4) is 22.9 Å². The highest BCUT2D eigenvalue weighted by Gasteiger charge is 2.26. The fourth-order valence-corrected chi connectivity index (χ4v) is 4.34. The maximum atomic E-state index is 13.6. The zero-order valence-corrected chi connectivity index (χ0v) is 20.6. The molecule has 3 heterocycles. The van der Waals surface area contributed by atoms with Crippen molar-refractivity contribution in [3.63, 3.8) is 0 Å². The number of aromatic nitrogens is 2. The van der Waals surface area contributed by atoms with Gasteiger partial charge in [0.25, 0.3) is 5.91 Å². The van der Waals surface area contributed by atoms with E-state index in [-0.39, 0.29) is 5.91 Å². The van der Waals surface area contributed by atoms with E-state index >= 15 is 0 Å². The van der Waals surface area contributed by atoms with E-state index in [0.29, 0.717) is 30.2 Å². The summed E-state index contributed by atoms with van der Waals surface area (Å²) in [6.07, 6.45) is 4.33. The molecule has 0 bridgehead atoms. The molecule has 4 aromatic rings. The second-order valence-corrected chi connectivity index (χ2v) is 8.84. The molecule has 1 amide bonds. The predicted molar refractivity (Wildman–Crippen MR) is 140 cm³/mol. The number of rotatable bonds is 7. The second kappa shape index (κ2) is 10.7. The Balaban J connectivity index is 1.31. The molecule has 2 aromatic heterocycles. The van der Waals surface area contributed by atoms with Crippen LogP contribution in [0.1, 0.15) is 21.8 Å². The number of furan rings is 1. The molecule has 1 saturated heterocycles. The lowest BCUT2D eigenvalue weighted by Crippen LogP contribution is -2.49. The van der Waals surface area contributed by atoms with Crippen LogP contribution < -0.4 is 4.74 Å². The number of piperazine rings is 1. The molecule has 0 saturated carbocycles. The van der Waals surface area contributed by atoms with E-state index in [1.165, 1.54) is 5.56 Å². The van der Waals surface area contributed by atoms with Gasteiger partial charge < -0.3 is 14.1 Å². The molecular formula is C29H30N4O3. The summed E-state index contributed by atoms with van der Waals surface area (Å²) < 4.78 is 12.8. The Labute approximate surface area is 211 Å². The number of benzene rings is 2. The van der Waals surface area contributed by atoms with E-state index in [4.69, 9.17) is 14.3 Å². The van der Waals surface area contributed by atoms with Crippen molar-refractivity contribution in [3.05, 3.63) is 95.9 Å². The number of hydrogen-bond acceptors (Lipinski definition) is 5. The first-order chi connectivity index (χ1) is 17.6. The summed E-state index contributed by atoms with van der Waals surface area (Å²) in [5.41, 5.74) is 3.13. The molecule has 0 unspecified atom stereocenters. The first kappa shape index (κ1) is 23.6. The zero-order chi connectivity index (χ0) is 24.9. The minimum atomic E-state index is -0.0349. The monoisotopic (exact) mass is 482 g/mol. The van der Waals surface area contributed by atoms with Gasteiger partial charge in [-0.15, -0.1) is 0 Å². The molecule has 0 aliphatic carbocycles.